The topological polar surface area (TPSA) is 155 Å². The smallest absolute Gasteiger partial charge is 0.309 e. The van der Waals surface area contributed by atoms with E-state index in [1.165, 1.54) is 6.92 Å². The lowest BCUT2D eigenvalue weighted by Gasteiger charge is -2.45. The second-order valence-corrected chi connectivity index (χ2v) is 15.0. The third-order valence-corrected chi connectivity index (χ3v) is 12.4. The molecule has 232 valence electrons. The Balaban J connectivity index is 1.24. The van der Waals surface area contributed by atoms with Crippen molar-refractivity contribution < 1.29 is 53.1 Å². The summed E-state index contributed by atoms with van der Waals surface area (Å²) in [4.78, 5) is 51.3. The Morgan fingerprint density at radius 1 is 1.12 bits per heavy atom. The zero-order chi connectivity index (χ0) is 30.4. The van der Waals surface area contributed by atoms with E-state index >= 15 is 0 Å². The summed E-state index contributed by atoms with van der Waals surface area (Å²) in [5.74, 6) is -6.62. The van der Waals surface area contributed by atoms with Gasteiger partial charge in [0.1, 0.15) is 30.0 Å². The molecule has 2 aliphatic carbocycles. The number of ether oxygens (including phenoxy) is 5. The van der Waals surface area contributed by atoms with Crippen LogP contribution in [0.25, 0.3) is 0 Å². The fourth-order valence-electron chi connectivity index (χ4n) is 10.7. The maximum absolute atomic E-state index is 14.3. The zero-order valence-corrected chi connectivity index (χ0v) is 25.1. The Bertz CT molecular complexity index is 1260. The molecule has 0 aromatic rings. The Hall–Kier alpha value is -2.08. The number of aliphatic hydroxyl groups is 2. The van der Waals surface area contributed by atoms with Gasteiger partial charge >= 0.3 is 17.9 Å². The molecular formula is C31H42O11. The molecule has 0 radical (unpaired) electrons. The van der Waals surface area contributed by atoms with Gasteiger partial charge in [0.2, 0.25) is 5.79 Å². The Labute approximate surface area is 244 Å². The van der Waals surface area contributed by atoms with Gasteiger partial charge in [-0.15, -0.1) is 0 Å². The van der Waals surface area contributed by atoms with E-state index < -0.39 is 82.0 Å². The SMILES string of the molecule is CC(=O)O[C@@H]([C@@H](C)[C@@H]1[C@H]2[C@]1(C)CC[C@]13O[C@]2(O)C(=O)[C@@H]1CC[C@H]1C(C)(C)O[C@@H]2CC(=O)O[C@]21[C@@H]3O)[C@@H]1C[C@@H](C)C(=O)O1. The molecule has 0 amide bonds. The number of carbonyl (C=O) groups excluding carboxylic acids is 4. The highest BCUT2D eigenvalue weighted by Gasteiger charge is 2.85. The molecule has 11 nitrogen and oxygen atoms in total. The first-order chi connectivity index (χ1) is 19.5. The van der Waals surface area contributed by atoms with E-state index in [1.807, 2.05) is 27.7 Å². The highest BCUT2D eigenvalue weighted by Crippen LogP contribution is 2.76. The van der Waals surface area contributed by atoms with Crippen molar-refractivity contribution in [2.75, 3.05) is 0 Å². The number of rotatable bonds is 4. The number of cyclic esters (lactones) is 1. The molecule has 2 spiro atoms. The van der Waals surface area contributed by atoms with Crippen LogP contribution in [0.2, 0.25) is 0 Å². The maximum Gasteiger partial charge on any atom is 0.309 e. The first kappa shape index (κ1) is 28.7. The Morgan fingerprint density at radius 2 is 1.83 bits per heavy atom. The molecule has 2 saturated carbocycles. The van der Waals surface area contributed by atoms with E-state index in [-0.39, 0.29) is 42.5 Å². The van der Waals surface area contributed by atoms with Crippen molar-refractivity contribution >= 4 is 23.7 Å². The van der Waals surface area contributed by atoms with Gasteiger partial charge in [0.05, 0.1) is 23.9 Å². The normalized spacial score (nSPS) is 53.0. The van der Waals surface area contributed by atoms with Crippen LogP contribution >= 0.6 is 0 Å². The lowest BCUT2D eigenvalue weighted by atomic mass is 9.67. The van der Waals surface area contributed by atoms with Gasteiger partial charge in [-0.25, -0.2) is 0 Å². The van der Waals surface area contributed by atoms with Crippen LogP contribution < -0.4 is 0 Å². The van der Waals surface area contributed by atoms with Crippen LogP contribution in [-0.2, 0) is 42.9 Å². The van der Waals surface area contributed by atoms with Gasteiger partial charge in [0, 0.05) is 31.1 Å². The number of aliphatic hydroxyl groups excluding tert-OH is 1. The number of ketones is 1. The molecular weight excluding hydrogens is 548 g/mol. The minimum Gasteiger partial charge on any atom is -0.458 e. The van der Waals surface area contributed by atoms with Crippen molar-refractivity contribution in [2.24, 2.45) is 40.9 Å². The summed E-state index contributed by atoms with van der Waals surface area (Å²) in [6.45, 7) is 10.8. The van der Waals surface area contributed by atoms with Crippen LogP contribution in [0.5, 0.6) is 0 Å². The van der Waals surface area contributed by atoms with Crippen LogP contribution in [0.4, 0.5) is 0 Å². The molecule has 0 aromatic heterocycles. The molecule has 0 unspecified atom stereocenters. The van der Waals surface area contributed by atoms with Crippen molar-refractivity contribution in [3.05, 3.63) is 0 Å². The van der Waals surface area contributed by atoms with Crippen molar-refractivity contribution in [2.45, 2.75) is 127 Å². The number of esters is 3. The number of hydrogen-bond donors (Lipinski definition) is 2. The summed E-state index contributed by atoms with van der Waals surface area (Å²) in [5, 5.41) is 24.5. The van der Waals surface area contributed by atoms with Gasteiger partial charge < -0.3 is 33.9 Å². The molecule has 2 bridgehead atoms. The number of Topliss-reactive ketones (excluding diaryl/α,β-unsaturated/α-hetero) is 1. The third kappa shape index (κ3) is 3.37. The summed E-state index contributed by atoms with van der Waals surface area (Å²) >= 11 is 0. The number of hydrogen-bond acceptors (Lipinski definition) is 11. The fraction of sp³-hybridized carbons (Fsp3) is 0.871. The van der Waals surface area contributed by atoms with Crippen molar-refractivity contribution in [1.82, 2.24) is 0 Å². The zero-order valence-electron chi connectivity index (χ0n) is 25.1. The van der Waals surface area contributed by atoms with E-state index in [0.717, 1.165) is 0 Å². The van der Waals surface area contributed by atoms with Gasteiger partial charge in [0.15, 0.2) is 11.4 Å². The highest BCUT2D eigenvalue weighted by atomic mass is 16.7. The summed E-state index contributed by atoms with van der Waals surface area (Å²) in [6.07, 6.45) is -1.37. The lowest BCUT2D eigenvalue weighted by Crippen LogP contribution is -2.63. The first-order valence-corrected chi connectivity index (χ1v) is 15.4. The quantitative estimate of drug-likeness (QED) is 0.364. The second-order valence-electron chi connectivity index (χ2n) is 15.0. The van der Waals surface area contributed by atoms with E-state index in [4.69, 9.17) is 23.7 Å². The molecule has 0 aromatic carbocycles. The Morgan fingerprint density at radius 3 is 2.48 bits per heavy atom. The third-order valence-electron chi connectivity index (χ3n) is 12.4. The van der Waals surface area contributed by atoms with Crippen molar-refractivity contribution in [3.8, 4) is 0 Å². The van der Waals surface area contributed by atoms with Gasteiger partial charge in [0.25, 0.3) is 0 Å². The summed E-state index contributed by atoms with van der Waals surface area (Å²) < 4.78 is 30.2. The van der Waals surface area contributed by atoms with Crippen molar-refractivity contribution in [1.29, 1.82) is 0 Å². The van der Waals surface area contributed by atoms with Crippen molar-refractivity contribution in [3.63, 3.8) is 0 Å². The highest BCUT2D eigenvalue weighted by molar-refractivity contribution is 5.92. The van der Waals surface area contributed by atoms with Gasteiger partial charge in [-0.1, -0.05) is 20.8 Å². The van der Waals surface area contributed by atoms with Gasteiger partial charge in [-0.3, -0.25) is 19.2 Å². The minimum atomic E-state index is -2.17. The summed E-state index contributed by atoms with van der Waals surface area (Å²) in [5.41, 5.74) is -4.08. The molecule has 14 atom stereocenters. The molecule has 42 heavy (non-hydrogen) atoms. The van der Waals surface area contributed by atoms with E-state index in [1.54, 1.807) is 6.92 Å². The number of fused-ring (bicyclic) bond motifs is 3. The van der Waals surface area contributed by atoms with Crippen LogP contribution in [0.15, 0.2) is 0 Å². The number of carbonyl (C=O) groups is 4. The van der Waals surface area contributed by atoms with Crippen LogP contribution in [0.3, 0.4) is 0 Å². The Kier molecular flexibility index (Phi) is 5.84. The molecule has 5 aliphatic heterocycles. The fourth-order valence-corrected chi connectivity index (χ4v) is 10.7. The average Bonchev–Trinajstić information content (AvgIpc) is 2.99. The standard InChI is InChI=1S/C31H42O11/c1-13-11-17(39-25(13)35)22(38-15(3)32)14(2)21-23-28(21,6)9-10-29-16(24(34)31(23,37)42-29)7-8-18-27(4,5)40-19-12-20(33)41-30(18,19)26(29)36/h13-14,16-19,21-23,26,36-37H,7-12H2,1-6H3/t13-,14+,16+,17+,18+,19-,21-,22+,23+,26-,28-,29+,30+,31+/m1/s1. The first-order valence-electron chi connectivity index (χ1n) is 15.4. The molecule has 5 saturated heterocycles. The van der Waals surface area contributed by atoms with Crippen LogP contribution in [0, 0.1) is 40.9 Å². The maximum atomic E-state index is 14.3. The predicted molar refractivity (Wildman–Crippen MR) is 141 cm³/mol. The average molecular weight is 591 g/mol. The van der Waals surface area contributed by atoms with Crippen LogP contribution in [0.1, 0.15) is 80.1 Å². The predicted octanol–water partition coefficient (Wildman–Crippen LogP) is 1.83. The molecule has 7 aliphatic rings. The van der Waals surface area contributed by atoms with Gasteiger partial charge in [-0.2, -0.15) is 0 Å². The van der Waals surface area contributed by atoms with Gasteiger partial charge in [-0.05, 0) is 50.9 Å². The molecule has 7 fully saturated rings. The summed E-state index contributed by atoms with van der Waals surface area (Å²) in [7, 11) is 0. The van der Waals surface area contributed by atoms with Crippen LogP contribution in [-0.4, -0.2) is 80.9 Å². The second kappa shape index (κ2) is 8.55. The molecule has 5 heterocycles. The summed E-state index contributed by atoms with van der Waals surface area (Å²) in [6, 6.07) is 0. The van der Waals surface area contributed by atoms with E-state index in [2.05, 4.69) is 0 Å². The molecule has 11 heteroatoms. The molecule has 2 N–H and O–H groups in total. The molecule has 7 rings (SSSR count). The van der Waals surface area contributed by atoms with E-state index in [0.29, 0.717) is 25.7 Å². The monoisotopic (exact) mass is 590 g/mol. The lowest BCUT2D eigenvalue weighted by molar-refractivity contribution is -0.276. The minimum absolute atomic E-state index is 0.0117. The largest absolute Gasteiger partial charge is 0.458 e. The van der Waals surface area contributed by atoms with E-state index in [9.17, 15) is 29.4 Å².